The fraction of sp³-hybridized carbons (Fsp3) is 0.571. The molecule has 0 aromatic heterocycles. The van der Waals surface area contributed by atoms with Crippen LogP contribution in [0.4, 0.5) is 5.69 Å². The summed E-state index contributed by atoms with van der Waals surface area (Å²) in [7, 11) is 0. The van der Waals surface area contributed by atoms with E-state index in [1.165, 1.54) is 30.6 Å². The second-order valence-corrected chi connectivity index (χ2v) is 8.78. The van der Waals surface area contributed by atoms with Crippen molar-refractivity contribution in [2.75, 3.05) is 24.6 Å². The van der Waals surface area contributed by atoms with Gasteiger partial charge in [0, 0.05) is 29.6 Å². The molecule has 1 aromatic rings. The van der Waals surface area contributed by atoms with E-state index >= 15 is 0 Å². The van der Waals surface area contributed by atoms with Crippen molar-refractivity contribution in [3.05, 3.63) is 41.5 Å². The van der Waals surface area contributed by atoms with E-state index in [1.807, 2.05) is 0 Å². The molecule has 5 heterocycles. The molecule has 7 rings (SSSR count). The van der Waals surface area contributed by atoms with Crippen molar-refractivity contribution in [2.45, 2.75) is 42.9 Å². The van der Waals surface area contributed by atoms with Crippen LogP contribution in [0.2, 0.25) is 0 Å². The lowest BCUT2D eigenvalue weighted by molar-refractivity contribution is -0.132. The molecular weight excluding hydrogens is 312 g/mol. The van der Waals surface area contributed by atoms with Crippen LogP contribution >= 0.6 is 0 Å². The van der Waals surface area contributed by atoms with Crippen molar-refractivity contribution in [3.63, 3.8) is 0 Å². The number of piperidine rings is 2. The molecule has 3 saturated heterocycles. The van der Waals surface area contributed by atoms with Gasteiger partial charge in [0.15, 0.2) is 0 Å². The lowest BCUT2D eigenvalue weighted by atomic mass is 9.53. The zero-order chi connectivity index (χ0) is 16.3. The molecule has 2 bridgehead atoms. The van der Waals surface area contributed by atoms with E-state index in [0.717, 1.165) is 6.54 Å². The summed E-state index contributed by atoms with van der Waals surface area (Å²) in [5.41, 5.74) is 4.35. The number of hydrogen-bond donors (Lipinski definition) is 0. The van der Waals surface area contributed by atoms with E-state index in [1.54, 1.807) is 5.57 Å². The van der Waals surface area contributed by atoms with E-state index < -0.39 is 0 Å². The number of para-hydroxylation sites is 1. The average molecular weight is 334 g/mol. The van der Waals surface area contributed by atoms with Gasteiger partial charge in [-0.15, -0.1) is 0 Å². The van der Waals surface area contributed by atoms with Gasteiger partial charge in [-0.25, -0.2) is 0 Å². The Morgan fingerprint density at radius 3 is 3.12 bits per heavy atom. The molecule has 1 amide bonds. The van der Waals surface area contributed by atoms with Crippen molar-refractivity contribution in [1.29, 1.82) is 0 Å². The zero-order valence-corrected chi connectivity index (χ0v) is 14.2. The number of carbonyl (C=O) groups excluding carboxylic acids is 1. The van der Waals surface area contributed by atoms with E-state index in [-0.39, 0.29) is 17.4 Å². The molecule has 1 aliphatic carbocycles. The van der Waals surface area contributed by atoms with Crippen molar-refractivity contribution in [3.8, 4) is 0 Å². The molecule has 4 nitrogen and oxygen atoms in total. The van der Waals surface area contributed by atoms with Gasteiger partial charge < -0.3 is 9.64 Å². The first-order valence-corrected chi connectivity index (χ1v) is 9.75. The number of rotatable bonds is 0. The first-order chi connectivity index (χ1) is 12.3. The summed E-state index contributed by atoms with van der Waals surface area (Å²) in [6.07, 6.45) is 5.43. The Morgan fingerprint density at radius 2 is 2.16 bits per heavy atom. The standard InChI is InChI=1S/C21H22N2O2/c24-18-10-16-19-13-9-17-21(6-7-22(17)11-12(13)5-8-25-16)14-3-1-2-4-15(14)23(18)20(19)21/h1-5,13,16-17,19-20H,6-11H2/t13-,16-,17-,19-,20+,21+/m1/s1. The number of nitrogens with zero attached hydrogens (tertiary/aromatic N) is 2. The fourth-order valence-corrected chi connectivity index (χ4v) is 7.51. The zero-order valence-electron chi connectivity index (χ0n) is 14.2. The summed E-state index contributed by atoms with van der Waals surface area (Å²) < 4.78 is 6.25. The molecule has 6 atom stereocenters. The monoisotopic (exact) mass is 334 g/mol. The minimum absolute atomic E-state index is 0.104. The van der Waals surface area contributed by atoms with E-state index in [2.05, 4.69) is 40.1 Å². The second-order valence-electron chi connectivity index (χ2n) is 8.78. The number of hydrogen-bond acceptors (Lipinski definition) is 3. The summed E-state index contributed by atoms with van der Waals surface area (Å²) in [6, 6.07) is 9.64. The number of carbonyl (C=O) groups is 1. The van der Waals surface area contributed by atoms with Crippen LogP contribution in [0.3, 0.4) is 0 Å². The largest absolute Gasteiger partial charge is 0.373 e. The van der Waals surface area contributed by atoms with Crippen LogP contribution in [-0.4, -0.2) is 48.7 Å². The highest BCUT2D eigenvalue weighted by molar-refractivity contribution is 5.99. The Bertz CT molecular complexity index is 848. The first kappa shape index (κ1) is 13.5. The summed E-state index contributed by atoms with van der Waals surface area (Å²) in [4.78, 5) is 18.1. The third kappa shape index (κ3) is 1.33. The average Bonchev–Trinajstić information content (AvgIpc) is 3.10. The third-order valence-corrected chi connectivity index (χ3v) is 8.22. The maximum atomic E-state index is 13.2. The van der Waals surface area contributed by atoms with Gasteiger partial charge in [0.1, 0.15) is 0 Å². The van der Waals surface area contributed by atoms with Crippen LogP contribution in [-0.2, 0) is 14.9 Å². The van der Waals surface area contributed by atoms with Gasteiger partial charge in [0.05, 0.1) is 25.2 Å². The fourth-order valence-electron chi connectivity index (χ4n) is 7.51. The van der Waals surface area contributed by atoms with Gasteiger partial charge in [-0.2, -0.15) is 0 Å². The van der Waals surface area contributed by atoms with Gasteiger partial charge in [-0.3, -0.25) is 9.69 Å². The minimum atomic E-state index is 0.104. The van der Waals surface area contributed by atoms with Crippen molar-refractivity contribution in [1.82, 2.24) is 4.90 Å². The normalized spacial score (nSPS) is 45.9. The highest BCUT2D eigenvalue weighted by Gasteiger charge is 2.70. The molecule has 0 radical (unpaired) electrons. The second kappa shape index (κ2) is 4.18. The van der Waals surface area contributed by atoms with Gasteiger partial charge in [-0.05, 0) is 36.9 Å². The van der Waals surface area contributed by atoms with E-state index in [0.29, 0.717) is 36.9 Å². The quantitative estimate of drug-likeness (QED) is 0.681. The summed E-state index contributed by atoms with van der Waals surface area (Å²) in [5.74, 6) is 1.35. The van der Waals surface area contributed by atoms with Gasteiger partial charge in [0.25, 0.3) is 0 Å². The Labute approximate surface area is 147 Å². The number of amides is 1. The van der Waals surface area contributed by atoms with E-state index in [4.69, 9.17) is 4.74 Å². The molecule has 1 aromatic carbocycles. The SMILES string of the molecule is O=C1C[C@H]2OCC=C3CN4CC[C@@]56c7ccccc7N1[C@H]5[C@@H]2[C@@H]3C[C@@H]46. The highest BCUT2D eigenvalue weighted by Crippen LogP contribution is 2.65. The molecule has 4 heteroatoms. The van der Waals surface area contributed by atoms with Crippen LogP contribution in [0, 0.1) is 11.8 Å². The number of anilines is 1. The van der Waals surface area contributed by atoms with Gasteiger partial charge >= 0.3 is 0 Å². The molecule has 0 unspecified atom stereocenters. The Hall–Kier alpha value is -1.65. The maximum absolute atomic E-state index is 13.2. The smallest absolute Gasteiger partial charge is 0.229 e. The highest BCUT2D eigenvalue weighted by atomic mass is 16.5. The van der Waals surface area contributed by atoms with Crippen LogP contribution < -0.4 is 4.90 Å². The van der Waals surface area contributed by atoms with Crippen LogP contribution in [0.5, 0.6) is 0 Å². The number of benzene rings is 1. The number of ether oxygens (including phenoxy) is 1. The van der Waals surface area contributed by atoms with Crippen LogP contribution in [0.25, 0.3) is 0 Å². The molecule has 1 saturated carbocycles. The molecule has 25 heavy (non-hydrogen) atoms. The predicted octanol–water partition coefficient (Wildman–Crippen LogP) is 2.09. The molecule has 5 aliphatic heterocycles. The minimum Gasteiger partial charge on any atom is -0.373 e. The summed E-state index contributed by atoms with van der Waals surface area (Å²) in [5, 5.41) is 0. The van der Waals surface area contributed by atoms with Crippen LogP contribution in [0.1, 0.15) is 24.8 Å². The molecule has 0 N–H and O–H groups in total. The summed E-state index contributed by atoms with van der Waals surface area (Å²) >= 11 is 0. The maximum Gasteiger partial charge on any atom is 0.229 e. The third-order valence-electron chi connectivity index (χ3n) is 8.22. The molecule has 6 aliphatic rings. The van der Waals surface area contributed by atoms with Gasteiger partial charge in [-0.1, -0.05) is 29.8 Å². The van der Waals surface area contributed by atoms with Crippen LogP contribution in [0.15, 0.2) is 35.9 Å². The molecule has 128 valence electrons. The predicted molar refractivity (Wildman–Crippen MR) is 93.4 cm³/mol. The van der Waals surface area contributed by atoms with Crippen molar-refractivity contribution in [2.24, 2.45) is 11.8 Å². The first-order valence-electron chi connectivity index (χ1n) is 9.75. The molecule has 1 spiro atoms. The van der Waals surface area contributed by atoms with Crippen molar-refractivity contribution >= 4 is 11.6 Å². The topological polar surface area (TPSA) is 32.8 Å². The Balaban J connectivity index is 1.55. The van der Waals surface area contributed by atoms with Gasteiger partial charge in [0.2, 0.25) is 5.91 Å². The summed E-state index contributed by atoms with van der Waals surface area (Å²) in [6.45, 7) is 2.97. The Morgan fingerprint density at radius 1 is 1.24 bits per heavy atom. The molecular formula is C21H22N2O2. The van der Waals surface area contributed by atoms with E-state index in [9.17, 15) is 4.79 Å². The lowest BCUT2D eigenvalue weighted by Crippen LogP contribution is -2.69. The Kier molecular flexibility index (Phi) is 2.27. The lowest BCUT2D eigenvalue weighted by Gasteiger charge is -2.58. The molecule has 4 fully saturated rings. The number of fused-ring (bicyclic) bond motifs is 2. The van der Waals surface area contributed by atoms with Crippen molar-refractivity contribution < 1.29 is 9.53 Å².